The Morgan fingerprint density at radius 2 is 1.87 bits per heavy atom. The number of fused-ring (bicyclic) bond motifs is 3. The zero-order valence-electron chi connectivity index (χ0n) is 25.1. The molecule has 3 heterocycles. The van der Waals surface area contributed by atoms with Gasteiger partial charge in [0.2, 0.25) is 5.91 Å². The number of hydrogen-bond acceptors (Lipinski definition) is 9. The van der Waals surface area contributed by atoms with Crippen molar-refractivity contribution < 1.29 is 27.5 Å². The van der Waals surface area contributed by atoms with Crippen LogP contribution in [0.5, 0.6) is 11.5 Å². The molecule has 0 saturated heterocycles. The largest absolute Gasteiger partial charge is 0.493 e. The minimum atomic E-state index is -3.98. The predicted molar refractivity (Wildman–Crippen MR) is 163 cm³/mol. The fraction of sp³-hybridized carbons (Fsp3) is 0.367. The molecule has 0 aliphatic carbocycles. The van der Waals surface area contributed by atoms with E-state index in [0.29, 0.717) is 30.8 Å². The molecular weight excluding hydrogens is 600 g/mol. The summed E-state index contributed by atoms with van der Waals surface area (Å²) in [6.45, 7) is 0.790. The zero-order valence-corrected chi connectivity index (χ0v) is 25.9. The van der Waals surface area contributed by atoms with Crippen molar-refractivity contribution in [1.82, 2.24) is 39.5 Å². The number of rotatable bonds is 5. The molecule has 2 aromatic carbocycles. The summed E-state index contributed by atoms with van der Waals surface area (Å²) < 4.78 is 43.1. The standard InChI is InChI=1S/C30H36N8O6S/c1-36-20-27(32-21-36)45(41,42)38-15-12-23-19-37(35-34-23)14-7-17-44-28-24(10-6-11-26(28)43-2)29(39)33-25(30(40)31-13-16-38)18-22-8-4-3-5-9-22/h3-6,8-11,19-21,25H,7,12-18H2,1-2H3,(H,31,40)(H,33,39)/t25-/m0/s1. The first kappa shape index (κ1) is 31.7. The number of aromatic nitrogens is 5. The van der Waals surface area contributed by atoms with E-state index in [-0.39, 0.29) is 49.0 Å². The highest BCUT2D eigenvalue weighted by molar-refractivity contribution is 7.89. The number of benzene rings is 2. The number of hydrogen-bond donors (Lipinski definition) is 2. The lowest BCUT2D eigenvalue weighted by Crippen LogP contribution is -2.50. The van der Waals surface area contributed by atoms with E-state index in [1.54, 1.807) is 40.7 Å². The van der Waals surface area contributed by atoms with E-state index in [9.17, 15) is 18.0 Å². The van der Waals surface area contributed by atoms with E-state index in [1.807, 2.05) is 30.3 Å². The Labute approximate surface area is 261 Å². The van der Waals surface area contributed by atoms with Crippen LogP contribution in [0.2, 0.25) is 0 Å². The Morgan fingerprint density at radius 3 is 2.62 bits per heavy atom. The number of nitrogens with one attached hydrogen (secondary N) is 2. The molecule has 15 heteroatoms. The molecule has 1 aliphatic heterocycles. The highest BCUT2D eigenvalue weighted by atomic mass is 32.2. The lowest BCUT2D eigenvalue weighted by atomic mass is 10.0. The predicted octanol–water partition coefficient (Wildman–Crippen LogP) is 1.19. The Balaban J connectivity index is 1.44. The Bertz CT molecular complexity index is 1720. The van der Waals surface area contributed by atoms with Crippen molar-refractivity contribution in [3.63, 3.8) is 0 Å². The smallest absolute Gasteiger partial charge is 0.262 e. The molecule has 2 aromatic heterocycles. The maximum Gasteiger partial charge on any atom is 0.262 e. The van der Waals surface area contributed by atoms with Gasteiger partial charge in [0.15, 0.2) is 16.5 Å². The monoisotopic (exact) mass is 636 g/mol. The second kappa shape index (κ2) is 14.3. The molecule has 238 valence electrons. The van der Waals surface area contributed by atoms with Gasteiger partial charge in [0.25, 0.3) is 15.9 Å². The summed E-state index contributed by atoms with van der Waals surface area (Å²) >= 11 is 0. The second-order valence-corrected chi connectivity index (χ2v) is 12.4. The minimum Gasteiger partial charge on any atom is -0.493 e. The van der Waals surface area contributed by atoms with E-state index in [0.717, 1.165) is 5.56 Å². The summed E-state index contributed by atoms with van der Waals surface area (Å²) in [5.74, 6) is -0.328. The maximum absolute atomic E-state index is 13.6. The first-order valence-corrected chi connectivity index (χ1v) is 16.0. The number of nitrogens with zero attached hydrogens (tertiary/aromatic N) is 6. The van der Waals surface area contributed by atoms with Crippen molar-refractivity contribution in [1.29, 1.82) is 0 Å². The fourth-order valence-electron chi connectivity index (χ4n) is 4.94. The van der Waals surface area contributed by atoms with Gasteiger partial charge >= 0.3 is 0 Å². The van der Waals surface area contributed by atoms with Gasteiger partial charge < -0.3 is 24.7 Å². The number of methoxy groups -OCH3 is 1. The number of para-hydroxylation sites is 1. The molecule has 0 radical (unpaired) electrons. The van der Waals surface area contributed by atoms with Gasteiger partial charge in [-0.15, -0.1) is 5.10 Å². The third-order valence-corrected chi connectivity index (χ3v) is 9.06. The van der Waals surface area contributed by atoms with Gasteiger partial charge in [-0.2, -0.15) is 4.31 Å². The summed E-state index contributed by atoms with van der Waals surface area (Å²) in [6.07, 6.45) is 5.66. The average molecular weight is 637 g/mol. The van der Waals surface area contributed by atoms with Crippen LogP contribution in [-0.2, 0) is 41.3 Å². The van der Waals surface area contributed by atoms with Gasteiger partial charge in [-0.25, -0.2) is 13.4 Å². The van der Waals surface area contributed by atoms with Crippen LogP contribution in [0.4, 0.5) is 0 Å². The number of carbonyl (C=O) groups is 2. The van der Waals surface area contributed by atoms with Crippen molar-refractivity contribution >= 4 is 21.8 Å². The van der Waals surface area contributed by atoms with Crippen molar-refractivity contribution in [2.24, 2.45) is 7.05 Å². The van der Waals surface area contributed by atoms with Crippen molar-refractivity contribution in [2.45, 2.75) is 36.9 Å². The Kier molecular flexibility index (Phi) is 10.1. The molecule has 45 heavy (non-hydrogen) atoms. The number of ether oxygens (including phenoxy) is 2. The van der Waals surface area contributed by atoms with E-state index in [2.05, 4.69) is 25.9 Å². The lowest BCUT2D eigenvalue weighted by Gasteiger charge is -2.23. The third-order valence-electron chi connectivity index (χ3n) is 7.28. The van der Waals surface area contributed by atoms with Crippen LogP contribution in [0.15, 0.2) is 72.3 Å². The van der Waals surface area contributed by atoms with Gasteiger partial charge in [-0.3, -0.25) is 14.3 Å². The Morgan fingerprint density at radius 1 is 1.04 bits per heavy atom. The van der Waals surface area contributed by atoms with E-state index in [1.165, 1.54) is 23.9 Å². The summed E-state index contributed by atoms with van der Waals surface area (Å²) in [5, 5.41) is 13.9. The summed E-state index contributed by atoms with van der Waals surface area (Å²) in [6, 6.07) is 13.3. The molecule has 1 aliphatic rings. The van der Waals surface area contributed by atoms with Crippen molar-refractivity contribution in [3.8, 4) is 11.5 Å². The van der Waals surface area contributed by atoms with Crippen LogP contribution < -0.4 is 20.1 Å². The molecule has 0 unspecified atom stereocenters. The van der Waals surface area contributed by atoms with Crippen LogP contribution >= 0.6 is 0 Å². The minimum absolute atomic E-state index is 0.00767. The van der Waals surface area contributed by atoms with E-state index in [4.69, 9.17) is 9.47 Å². The van der Waals surface area contributed by atoms with E-state index < -0.39 is 27.9 Å². The Hall–Kier alpha value is -4.76. The van der Waals surface area contributed by atoms with Gasteiger partial charge in [0.1, 0.15) is 6.04 Å². The number of imidazole rings is 1. The second-order valence-electron chi connectivity index (χ2n) is 10.6. The maximum atomic E-state index is 13.6. The van der Waals surface area contributed by atoms with Crippen molar-refractivity contribution in [3.05, 3.63) is 84.1 Å². The molecule has 14 nitrogen and oxygen atoms in total. The highest BCUT2D eigenvalue weighted by Crippen LogP contribution is 2.31. The molecule has 2 N–H and O–H groups in total. The topological polar surface area (TPSA) is 163 Å². The zero-order chi connectivity index (χ0) is 31.8. The first-order chi connectivity index (χ1) is 21.7. The first-order valence-electron chi connectivity index (χ1n) is 14.5. The summed E-state index contributed by atoms with van der Waals surface area (Å²) in [7, 11) is -0.804. The molecule has 4 aromatic rings. The van der Waals surface area contributed by atoms with Crippen LogP contribution in [-0.4, -0.2) is 88.5 Å². The number of carbonyl (C=O) groups excluding carboxylic acids is 2. The number of aryl methyl sites for hydroxylation is 2. The van der Waals surface area contributed by atoms with Crippen molar-refractivity contribution in [2.75, 3.05) is 33.4 Å². The number of amides is 2. The molecular formula is C30H36N8O6S. The van der Waals surface area contributed by atoms with Crippen LogP contribution in [0, 0.1) is 0 Å². The molecule has 1 atom stereocenters. The number of sulfonamides is 1. The molecule has 2 amide bonds. The van der Waals surface area contributed by atoms with E-state index >= 15 is 0 Å². The van der Waals surface area contributed by atoms with Crippen LogP contribution in [0.25, 0.3) is 0 Å². The SMILES string of the molecule is COc1cccc2c1OCCCn1cc(nn1)CCN(S(=O)(=O)c1cn(C)cn1)CCNC(=O)[C@H](Cc1ccccc1)NC2=O. The molecule has 0 spiro atoms. The van der Waals surface area contributed by atoms with Crippen LogP contribution in [0.3, 0.4) is 0 Å². The summed E-state index contributed by atoms with van der Waals surface area (Å²) in [5.41, 5.74) is 1.67. The lowest BCUT2D eigenvalue weighted by molar-refractivity contribution is -0.123. The third kappa shape index (κ3) is 7.85. The molecule has 5 rings (SSSR count). The molecule has 0 saturated carbocycles. The fourth-order valence-corrected chi connectivity index (χ4v) is 6.34. The average Bonchev–Trinajstić information content (AvgIpc) is 3.69. The van der Waals surface area contributed by atoms with Gasteiger partial charge in [0.05, 0.1) is 31.3 Å². The normalized spacial score (nSPS) is 17.5. The van der Waals surface area contributed by atoms with Crippen LogP contribution in [0.1, 0.15) is 28.0 Å². The summed E-state index contributed by atoms with van der Waals surface area (Å²) in [4.78, 5) is 31.2. The van der Waals surface area contributed by atoms with Gasteiger partial charge in [-0.1, -0.05) is 41.6 Å². The quantitative estimate of drug-likeness (QED) is 0.328. The molecule has 2 bridgehead atoms. The van der Waals surface area contributed by atoms with Gasteiger partial charge in [-0.05, 0) is 17.7 Å². The highest BCUT2D eigenvalue weighted by Gasteiger charge is 2.29. The molecule has 0 fully saturated rings. The van der Waals surface area contributed by atoms with Gasteiger partial charge in [0, 0.05) is 64.9 Å².